The van der Waals surface area contributed by atoms with E-state index in [0.29, 0.717) is 23.3 Å². The summed E-state index contributed by atoms with van der Waals surface area (Å²) in [5, 5.41) is 10.0. The van der Waals surface area contributed by atoms with Crippen LogP contribution in [0.5, 0.6) is 11.5 Å². The molecule has 0 spiro atoms. The van der Waals surface area contributed by atoms with Gasteiger partial charge in [0.05, 0.1) is 12.8 Å². The van der Waals surface area contributed by atoms with Crippen LogP contribution in [-0.2, 0) is 20.0 Å². The molecule has 1 heterocycles. The van der Waals surface area contributed by atoms with E-state index in [4.69, 9.17) is 13.8 Å². The number of phenolic OH excluding ortho intramolecular Hbond substituents is 1. The largest absolute Gasteiger partial charge is 0.504 e. The Balaban J connectivity index is 2.54. The van der Waals surface area contributed by atoms with Crippen molar-refractivity contribution in [3.63, 3.8) is 0 Å². The van der Waals surface area contributed by atoms with Gasteiger partial charge in [-0.3, -0.25) is 9.55 Å². The molecule has 0 aliphatic rings. The average Bonchev–Trinajstić information content (AvgIpc) is 2.62. The Hall–Kier alpha value is -1.88. The molecule has 130 valence electrons. The number of phenols is 1. The van der Waals surface area contributed by atoms with Gasteiger partial charge in [0.25, 0.3) is 0 Å². The van der Waals surface area contributed by atoms with E-state index >= 15 is 0 Å². The molecule has 2 aromatic rings. The number of aromatic nitrogens is 1. The molecule has 0 aliphatic heterocycles. The minimum Gasteiger partial charge on any atom is -0.504 e. The summed E-state index contributed by atoms with van der Waals surface area (Å²) >= 11 is 0. The van der Waals surface area contributed by atoms with E-state index in [1.807, 2.05) is 12.1 Å². The third-order valence-corrected chi connectivity index (χ3v) is 6.20. The Labute approximate surface area is 141 Å². The Morgan fingerprint density at radius 1 is 1.25 bits per heavy atom. The molecule has 1 atom stereocenters. The van der Waals surface area contributed by atoms with Crippen molar-refractivity contribution < 1.29 is 23.5 Å². The van der Waals surface area contributed by atoms with Gasteiger partial charge in [-0.15, -0.1) is 0 Å². The van der Waals surface area contributed by atoms with Gasteiger partial charge in [0.15, 0.2) is 11.5 Å². The first-order valence-electron chi connectivity index (χ1n) is 7.42. The maximum Gasteiger partial charge on any atom is 0.337 e. The zero-order valence-electron chi connectivity index (χ0n) is 14.2. The van der Waals surface area contributed by atoms with Crippen LogP contribution in [0.25, 0.3) is 0 Å². The third-order valence-electron chi connectivity index (χ3n) is 3.94. The van der Waals surface area contributed by atoms with Gasteiger partial charge in [-0.2, -0.15) is 0 Å². The molecule has 2 rings (SSSR count). The normalized spacial score (nSPS) is 12.8. The Bertz CT molecular complexity index is 727. The SMILES string of the molecule is COc1cc(C(Cc2cccnc2)P(=O)(OC)OC)cc(C)c1O. The van der Waals surface area contributed by atoms with Gasteiger partial charge in [0, 0.05) is 26.6 Å². The van der Waals surface area contributed by atoms with E-state index in [1.165, 1.54) is 21.3 Å². The highest BCUT2D eigenvalue weighted by molar-refractivity contribution is 7.54. The molecule has 0 amide bonds. The number of nitrogens with zero attached hydrogens (tertiary/aromatic N) is 1. The molecule has 0 fully saturated rings. The first-order chi connectivity index (χ1) is 11.4. The van der Waals surface area contributed by atoms with Crippen LogP contribution in [0.15, 0.2) is 36.7 Å². The van der Waals surface area contributed by atoms with Crippen LogP contribution in [0.2, 0.25) is 0 Å². The highest BCUT2D eigenvalue weighted by Gasteiger charge is 2.36. The second-order valence-electron chi connectivity index (χ2n) is 5.37. The Morgan fingerprint density at radius 3 is 2.50 bits per heavy atom. The molecule has 0 saturated carbocycles. The Kier molecular flexibility index (Phi) is 5.99. The maximum absolute atomic E-state index is 13.1. The minimum absolute atomic E-state index is 0.0612. The Morgan fingerprint density at radius 2 is 1.96 bits per heavy atom. The predicted octanol–water partition coefficient (Wildman–Crippen LogP) is 3.87. The van der Waals surface area contributed by atoms with Crippen LogP contribution in [-0.4, -0.2) is 31.4 Å². The highest BCUT2D eigenvalue weighted by atomic mass is 31.2. The van der Waals surface area contributed by atoms with Gasteiger partial charge in [0.1, 0.15) is 0 Å². The fraction of sp³-hybridized carbons (Fsp3) is 0.353. The summed E-state index contributed by atoms with van der Waals surface area (Å²) in [7, 11) is 0.796. The second-order valence-corrected chi connectivity index (χ2v) is 7.81. The molecule has 1 N–H and O–H groups in total. The summed E-state index contributed by atoms with van der Waals surface area (Å²) in [6.45, 7) is 1.76. The lowest BCUT2D eigenvalue weighted by Crippen LogP contribution is -2.08. The van der Waals surface area contributed by atoms with Crippen molar-refractivity contribution in [3.8, 4) is 11.5 Å². The first-order valence-corrected chi connectivity index (χ1v) is 9.04. The van der Waals surface area contributed by atoms with Crippen LogP contribution < -0.4 is 4.74 Å². The summed E-state index contributed by atoms with van der Waals surface area (Å²) in [5.41, 5.74) is 1.68. The lowest BCUT2D eigenvalue weighted by molar-refractivity contribution is 0.265. The molecule has 0 saturated heterocycles. The van der Waals surface area contributed by atoms with Crippen molar-refractivity contribution in [2.24, 2.45) is 0 Å². The molecule has 1 unspecified atom stereocenters. The third kappa shape index (κ3) is 3.78. The van der Waals surface area contributed by atoms with Crippen LogP contribution in [0.3, 0.4) is 0 Å². The summed E-state index contributed by atoms with van der Waals surface area (Å²) in [4.78, 5) is 4.09. The molecule has 1 aromatic heterocycles. The van der Waals surface area contributed by atoms with E-state index in [1.54, 1.807) is 31.5 Å². The van der Waals surface area contributed by atoms with Crippen LogP contribution in [0.4, 0.5) is 0 Å². The number of ether oxygens (including phenoxy) is 1. The number of methoxy groups -OCH3 is 1. The lowest BCUT2D eigenvalue weighted by Gasteiger charge is -2.25. The lowest BCUT2D eigenvalue weighted by atomic mass is 10.0. The second kappa shape index (κ2) is 7.79. The van der Waals surface area contributed by atoms with E-state index in [9.17, 15) is 9.67 Å². The molecule has 0 radical (unpaired) electrons. The summed E-state index contributed by atoms with van der Waals surface area (Å²) in [6, 6.07) is 7.15. The number of aromatic hydroxyl groups is 1. The molecule has 0 aliphatic carbocycles. The number of pyridine rings is 1. The molecule has 6 nitrogen and oxygen atoms in total. The monoisotopic (exact) mass is 351 g/mol. The summed E-state index contributed by atoms with van der Waals surface area (Å²) in [6.07, 6.45) is 3.81. The molecular formula is C17H22NO5P. The van der Waals surface area contributed by atoms with Crippen molar-refractivity contribution in [1.82, 2.24) is 4.98 Å². The number of rotatable bonds is 7. The number of benzene rings is 1. The molecule has 24 heavy (non-hydrogen) atoms. The van der Waals surface area contributed by atoms with Gasteiger partial charge in [-0.1, -0.05) is 12.1 Å². The van der Waals surface area contributed by atoms with Crippen molar-refractivity contribution in [2.75, 3.05) is 21.3 Å². The smallest absolute Gasteiger partial charge is 0.337 e. The predicted molar refractivity (Wildman–Crippen MR) is 91.7 cm³/mol. The average molecular weight is 351 g/mol. The number of aryl methyl sites for hydroxylation is 1. The molecular weight excluding hydrogens is 329 g/mol. The fourth-order valence-corrected chi connectivity index (χ4v) is 4.21. The van der Waals surface area contributed by atoms with Crippen LogP contribution in [0, 0.1) is 6.92 Å². The van der Waals surface area contributed by atoms with Crippen molar-refractivity contribution >= 4 is 7.60 Å². The topological polar surface area (TPSA) is 77.9 Å². The summed E-state index contributed by atoms with van der Waals surface area (Å²) in [5.74, 6) is 0.381. The zero-order chi connectivity index (χ0) is 17.7. The quantitative estimate of drug-likeness (QED) is 0.763. The summed E-state index contributed by atoms with van der Waals surface area (Å²) < 4.78 is 28.8. The zero-order valence-corrected chi connectivity index (χ0v) is 15.1. The van der Waals surface area contributed by atoms with Crippen LogP contribution >= 0.6 is 7.60 Å². The van der Waals surface area contributed by atoms with Crippen molar-refractivity contribution in [1.29, 1.82) is 0 Å². The van der Waals surface area contributed by atoms with Gasteiger partial charge >= 0.3 is 7.60 Å². The maximum atomic E-state index is 13.1. The van der Waals surface area contributed by atoms with Gasteiger partial charge in [0.2, 0.25) is 0 Å². The van der Waals surface area contributed by atoms with Gasteiger partial charge < -0.3 is 18.9 Å². The first kappa shape index (κ1) is 18.5. The highest BCUT2D eigenvalue weighted by Crippen LogP contribution is 2.61. The molecule has 0 bridgehead atoms. The van der Waals surface area contributed by atoms with E-state index in [-0.39, 0.29) is 5.75 Å². The van der Waals surface area contributed by atoms with Gasteiger partial charge in [-0.25, -0.2) is 0 Å². The van der Waals surface area contributed by atoms with E-state index < -0.39 is 13.3 Å². The van der Waals surface area contributed by atoms with E-state index in [0.717, 1.165) is 5.56 Å². The van der Waals surface area contributed by atoms with E-state index in [2.05, 4.69) is 4.98 Å². The number of hydrogen-bond acceptors (Lipinski definition) is 6. The van der Waals surface area contributed by atoms with Crippen molar-refractivity contribution in [2.45, 2.75) is 19.0 Å². The van der Waals surface area contributed by atoms with Crippen molar-refractivity contribution in [3.05, 3.63) is 53.3 Å². The van der Waals surface area contributed by atoms with Crippen LogP contribution in [0.1, 0.15) is 22.3 Å². The molecule has 1 aromatic carbocycles. The van der Waals surface area contributed by atoms with Gasteiger partial charge in [-0.05, 0) is 42.2 Å². The fourth-order valence-electron chi connectivity index (χ4n) is 2.61. The standard InChI is InChI=1S/C17H22NO5P/c1-12-8-14(10-15(21-2)17(12)19)16(24(20,22-3)23-4)9-13-6-5-7-18-11-13/h5-8,10-11,16,19H,9H2,1-4H3. The number of hydrogen-bond donors (Lipinski definition) is 1. The molecule has 7 heteroatoms. The minimum atomic E-state index is -3.41.